The first-order valence-corrected chi connectivity index (χ1v) is 4.71. The van der Waals surface area contributed by atoms with Gasteiger partial charge in [0.15, 0.2) is 0 Å². The average molecular weight is 247 g/mol. The van der Waals surface area contributed by atoms with Crippen molar-refractivity contribution in [2.75, 3.05) is 6.54 Å². The summed E-state index contributed by atoms with van der Waals surface area (Å²) in [5.74, 6) is -0.321. The maximum atomic E-state index is 13.3. The molecule has 0 radical (unpaired) electrons. The molecule has 0 bridgehead atoms. The Morgan fingerprint density at radius 1 is 1.54 bits per heavy atom. The van der Waals surface area contributed by atoms with Crippen molar-refractivity contribution < 1.29 is 4.39 Å². The van der Waals surface area contributed by atoms with Crippen LogP contribution in [-0.2, 0) is 5.54 Å². The third-order valence-corrected chi connectivity index (χ3v) is 2.46. The van der Waals surface area contributed by atoms with Crippen LogP contribution in [-0.4, -0.2) is 6.54 Å². The molecule has 1 unspecified atom stereocenters. The Morgan fingerprint density at radius 2 is 2.15 bits per heavy atom. The van der Waals surface area contributed by atoms with Gasteiger partial charge in [0.1, 0.15) is 5.82 Å². The Labute approximate surface area is 85.2 Å². The fourth-order valence-electron chi connectivity index (χ4n) is 1.05. The molecule has 0 heterocycles. The van der Waals surface area contributed by atoms with E-state index in [1.807, 2.05) is 0 Å². The molecule has 0 aliphatic heterocycles. The third kappa shape index (κ3) is 2.27. The zero-order valence-corrected chi connectivity index (χ0v) is 8.94. The fourth-order valence-corrected chi connectivity index (χ4v) is 1.41. The van der Waals surface area contributed by atoms with Crippen LogP contribution in [0.15, 0.2) is 22.7 Å². The fraction of sp³-hybridized carbons (Fsp3) is 0.333. The van der Waals surface area contributed by atoms with E-state index in [9.17, 15) is 4.39 Å². The van der Waals surface area contributed by atoms with Gasteiger partial charge < -0.3 is 11.5 Å². The van der Waals surface area contributed by atoms with Crippen molar-refractivity contribution in [2.45, 2.75) is 12.5 Å². The molecule has 0 aromatic heterocycles. The highest BCUT2D eigenvalue weighted by molar-refractivity contribution is 9.10. The second kappa shape index (κ2) is 3.74. The van der Waals surface area contributed by atoms with E-state index in [-0.39, 0.29) is 12.4 Å². The smallest absolute Gasteiger partial charge is 0.128 e. The zero-order valence-electron chi connectivity index (χ0n) is 7.35. The number of rotatable bonds is 2. The number of nitrogens with two attached hydrogens (primary N) is 2. The first-order chi connectivity index (χ1) is 5.97. The topological polar surface area (TPSA) is 52.0 Å². The van der Waals surface area contributed by atoms with Crippen molar-refractivity contribution in [3.63, 3.8) is 0 Å². The molecule has 0 spiro atoms. The molecule has 1 aromatic carbocycles. The van der Waals surface area contributed by atoms with Crippen molar-refractivity contribution >= 4 is 15.9 Å². The van der Waals surface area contributed by atoms with Crippen molar-refractivity contribution in [2.24, 2.45) is 11.5 Å². The van der Waals surface area contributed by atoms with Crippen molar-refractivity contribution in [1.29, 1.82) is 0 Å². The van der Waals surface area contributed by atoms with Gasteiger partial charge in [-0.05, 0) is 25.1 Å². The molecule has 72 valence electrons. The van der Waals surface area contributed by atoms with E-state index in [1.54, 1.807) is 19.1 Å². The molecule has 0 aliphatic carbocycles. The minimum atomic E-state index is -0.812. The van der Waals surface area contributed by atoms with E-state index in [1.165, 1.54) is 6.07 Å². The van der Waals surface area contributed by atoms with Gasteiger partial charge in [0.2, 0.25) is 0 Å². The molecule has 0 saturated carbocycles. The summed E-state index contributed by atoms with van der Waals surface area (Å²) in [5, 5.41) is 0. The summed E-state index contributed by atoms with van der Waals surface area (Å²) < 4.78 is 14.1. The van der Waals surface area contributed by atoms with Gasteiger partial charge in [0.25, 0.3) is 0 Å². The van der Waals surface area contributed by atoms with Crippen LogP contribution in [0, 0.1) is 5.82 Å². The maximum absolute atomic E-state index is 13.3. The Hall–Kier alpha value is -0.450. The Kier molecular flexibility index (Phi) is 3.05. The molecule has 0 aliphatic rings. The highest BCUT2D eigenvalue weighted by Crippen LogP contribution is 2.23. The predicted octanol–water partition coefficient (Wildman–Crippen LogP) is 1.72. The van der Waals surface area contributed by atoms with E-state index in [4.69, 9.17) is 11.5 Å². The van der Waals surface area contributed by atoms with Crippen LogP contribution >= 0.6 is 15.9 Å². The number of hydrogen-bond acceptors (Lipinski definition) is 2. The van der Waals surface area contributed by atoms with E-state index < -0.39 is 5.54 Å². The SMILES string of the molecule is CC(N)(CN)c1cc(Br)ccc1F. The first-order valence-electron chi connectivity index (χ1n) is 3.92. The molecule has 2 nitrogen and oxygen atoms in total. The number of halogens is 2. The monoisotopic (exact) mass is 246 g/mol. The summed E-state index contributed by atoms with van der Waals surface area (Å²) in [6.45, 7) is 1.91. The van der Waals surface area contributed by atoms with Crippen LogP contribution in [0.4, 0.5) is 4.39 Å². The zero-order chi connectivity index (χ0) is 10.1. The predicted molar refractivity (Wildman–Crippen MR) is 54.7 cm³/mol. The lowest BCUT2D eigenvalue weighted by Crippen LogP contribution is -2.41. The Bertz CT molecular complexity index is 312. The Morgan fingerprint density at radius 3 is 2.69 bits per heavy atom. The summed E-state index contributed by atoms with van der Waals surface area (Å²) in [6.07, 6.45) is 0. The van der Waals surface area contributed by atoms with Gasteiger partial charge >= 0.3 is 0 Å². The second-order valence-electron chi connectivity index (χ2n) is 3.25. The molecule has 0 fully saturated rings. The van der Waals surface area contributed by atoms with E-state index >= 15 is 0 Å². The molecule has 13 heavy (non-hydrogen) atoms. The standard InChI is InChI=1S/C9H12BrFN2/c1-9(13,5-12)7-4-6(10)2-3-8(7)11/h2-4H,5,12-13H2,1H3. The first kappa shape index (κ1) is 10.6. The molecule has 1 aromatic rings. The van der Waals surface area contributed by atoms with Crippen LogP contribution < -0.4 is 11.5 Å². The molecular formula is C9H12BrFN2. The van der Waals surface area contributed by atoms with Crippen molar-refractivity contribution in [3.05, 3.63) is 34.1 Å². The summed E-state index contributed by atoms with van der Waals surface area (Å²) in [6, 6.07) is 4.66. The normalized spacial score (nSPS) is 15.5. The number of hydrogen-bond donors (Lipinski definition) is 2. The molecule has 1 rings (SSSR count). The van der Waals surface area contributed by atoms with E-state index in [0.29, 0.717) is 5.56 Å². The summed E-state index contributed by atoms with van der Waals surface area (Å²) in [4.78, 5) is 0. The van der Waals surface area contributed by atoms with Crippen LogP contribution in [0.5, 0.6) is 0 Å². The quantitative estimate of drug-likeness (QED) is 0.836. The Balaban J connectivity index is 3.20. The highest BCUT2D eigenvalue weighted by atomic mass is 79.9. The van der Waals surface area contributed by atoms with Gasteiger partial charge in [-0.25, -0.2) is 4.39 Å². The summed E-state index contributed by atoms with van der Waals surface area (Å²) in [5.41, 5.74) is 10.9. The van der Waals surface area contributed by atoms with Gasteiger partial charge in [-0.2, -0.15) is 0 Å². The largest absolute Gasteiger partial charge is 0.328 e. The molecule has 1 atom stereocenters. The van der Waals surface area contributed by atoms with Gasteiger partial charge in [0, 0.05) is 16.6 Å². The molecule has 0 saturated heterocycles. The van der Waals surface area contributed by atoms with Gasteiger partial charge in [-0.15, -0.1) is 0 Å². The lowest BCUT2D eigenvalue weighted by molar-refractivity contribution is 0.470. The molecule has 0 amide bonds. The lowest BCUT2D eigenvalue weighted by atomic mass is 9.93. The molecule has 4 heteroatoms. The van der Waals surface area contributed by atoms with Crippen LogP contribution in [0.25, 0.3) is 0 Å². The van der Waals surface area contributed by atoms with E-state index in [2.05, 4.69) is 15.9 Å². The lowest BCUT2D eigenvalue weighted by Gasteiger charge is -2.23. The average Bonchev–Trinajstić information content (AvgIpc) is 2.09. The van der Waals surface area contributed by atoms with Gasteiger partial charge in [0.05, 0.1) is 5.54 Å². The van der Waals surface area contributed by atoms with Crippen molar-refractivity contribution in [1.82, 2.24) is 0 Å². The van der Waals surface area contributed by atoms with Crippen LogP contribution in [0.1, 0.15) is 12.5 Å². The van der Waals surface area contributed by atoms with Crippen LogP contribution in [0.3, 0.4) is 0 Å². The third-order valence-electron chi connectivity index (χ3n) is 1.97. The molecular weight excluding hydrogens is 235 g/mol. The highest BCUT2D eigenvalue weighted by Gasteiger charge is 2.22. The van der Waals surface area contributed by atoms with E-state index in [0.717, 1.165) is 4.47 Å². The summed E-state index contributed by atoms with van der Waals surface area (Å²) >= 11 is 3.25. The maximum Gasteiger partial charge on any atom is 0.128 e. The van der Waals surface area contributed by atoms with Gasteiger partial charge in [-0.1, -0.05) is 15.9 Å². The van der Waals surface area contributed by atoms with Crippen molar-refractivity contribution in [3.8, 4) is 0 Å². The second-order valence-corrected chi connectivity index (χ2v) is 4.16. The summed E-state index contributed by atoms with van der Waals surface area (Å²) in [7, 11) is 0. The van der Waals surface area contributed by atoms with Gasteiger partial charge in [-0.3, -0.25) is 0 Å². The van der Waals surface area contributed by atoms with Crippen LogP contribution in [0.2, 0.25) is 0 Å². The molecule has 4 N–H and O–H groups in total. The number of benzene rings is 1. The minimum Gasteiger partial charge on any atom is -0.328 e. The minimum absolute atomic E-state index is 0.209.